The zero-order valence-corrected chi connectivity index (χ0v) is 45.6. The van der Waals surface area contributed by atoms with Crippen molar-refractivity contribution in [2.24, 2.45) is 23.7 Å². The average molecular weight is 1020 g/mol. The van der Waals surface area contributed by atoms with Crippen molar-refractivity contribution in [3.63, 3.8) is 0 Å². The topological polar surface area (TPSA) is 135 Å². The summed E-state index contributed by atoms with van der Waals surface area (Å²) in [5.74, 6) is 4.99. The number of carbonyl (C=O) groups is 3. The SMILES string of the molecule is C=CC(=O)OCCCCCCNCSc1ccccc1N.CCCCCc1ccc(OC(=O)C2CCC(COc3ccc(OCC4CCC(C=O)CC4)cc3C)CC2)cc1.CCCCCc1ccc(OC)cc1. The monoisotopic (exact) mass is 1020 g/mol. The van der Waals surface area contributed by atoms with Crippen molar-refractivity contribution in [3.8, 4) is 23.0 Å². The van der Waals surface area contributed by atoms with Crippen molar-refractivity contribution >= 4 is 35.7 Å². The first-order valence-corrected chi connectivity index (χ1v) is 28.3. The molecule has 0 saturated heterocycles. The van der Waals surface area contributed by atoms with Crippen molar-refractivity contribution in [2.45, 2.75) is 154 Å². The first-order chi connectivity index (χ1) is 35.6. The summed E-state index contributed by atoms with van der Waals surface area (Å²) >= 11 is 1.72. The minimum absolute atomic E-state index is 0.0304. The molecule has 0 atom stereocenters. The van der Waals surface area contributed by atoms with E-state index in [1.807, 2.05) is 60.7 Å². The third-order valence-corrected chi connectivity index (χ3v) is 14.7. The normalized spacial score (nSPS) is 17.1. The predicted octanol–water partition coefficient (Wildman–Crippen LogP) is 14.5. The Morgan fingerprint density at radius 2 is 1.29 bits per heavy atom. The number of nitrogens with one attached hydrogen (secondary N) is 1. The number of benzene rings is 4. The van der Waals surface area contributed by atoms with E-state index in [4.69, 9.17) is 29.4 Å². The fourth-order valence-corrected chi connectivity index (χ4v) is 9.79. The maximum absolute atomic E-state index is 12.7. The first kappa shape index (κ1) is 60.3. The number of esters is 2. The molecule has 0 heterocycles. The summed E-state index contributed by atoms with van der Waals surface area (Å²) in [5.41, 5.74) is 10.5. The summed E-state index contributed by atoms with van der Waals surface area (Å²) in [6.45, 7) is 12.7. The zero-order valence-electron chi connectivity index (χ0n) is 44.8. The number of hydrogen-bond donors (Lipinski definition) is 2. The minimum atomic E-state index is -0.339. The van der Waals surface area contributed by atoms with Crippen LogP contribution in [0.2, 0.25) is 0 Å². The second kappa shape index (κ2) is 36.6. The second-order valence-corrected chi connectivity index (χ2v) is 20.6. The Kier molecular flexibility index (Phi) is 30.3. The Morgan fingerprint density at radius 1 is 0.699 bits per heavy atom. The van der Waals surface area contributed by atoms with Gasteiger partial charge in [-0.1, -0.05) is 95.3 Å². The van der Waals surface area contributed by atoms with Crippen LogP contribution >= 0.6 is 11.8 Å². The molecular weight excluding hydrogens is 933 g/mol. The molecule has 0 aromatic heterocycles. The molecule has 11 heteroatoms. The van der Waals surface area contributed by atoms with E-state index in [1.165, 1.54) is 62.1 Å². The van der Waals surface area contributed by atoms with Crippen LogP contribution in [0.1, 0.15) is 146 Å². The van der Waals surface area contributed by atoms with E-state index in [2.05, 4.69) is 63.0 Å². The van der Waals surface area contributed by atoms with Gasteiger partial charge in [0.05, 0.1) is 32.8 Å². The third-order valence-electron chi connectivity index (χ3n) is 13.7. The maximum atomic E-state index is 12.7. The molecular formula is C62H88N2O8S. The number of nitrogens with two attached hydrogens (primary N) is 1. The highest BCUT2D eigenvalue weighted by Gasteiger charge is 2.28. The van der Waals surface area contributed by atoms with Gasteiger partial charge in [0.25, 0.3) is 0 Å². The molecule has 0 spiro atoms. The van der Waals surface area contributed by atoms with Crippen LogP contribution in [0.5, 0.6) is 23.0 Å². The van der Waals surface area contributed by atoms with Gasteiger partial charge in [0, 0.05) is 28.5 Å². The highest BCUT2D eigenvalue weighted by atomic mass is 32.2. The van der Waals surface area contributed by atoms with Crippen LogP contribution in [0.4, 0.5) is 5.69 Å². The van der Waals surface area contributed by atoms with Crippen LogP contribution in [-0.2, 0) is 32.0 Å². The number of para-hydroxylation sites is 1. The van der Waals surface area contributed by atoms with E-state index in [0.717, 1.165) is 136 Å². The van der Waals surface area contributed by atoms with Crippen LogP contribution in [0.15, 0.2) is 109 Å². The Balaban J connectivity index is 0.000000282. The number of rotatable bonds is 29. The van der Waals surface area contributed by atoms with Gasteiger partial charge >= 0.3 is 11.9 Å². The zero-order chi connectivity index (χ0) is 52.3. The van der Waals surface area contributed by atoms with Crippen molar-refractivity contribution < 1.29 is 38.1 Å². The molecule has 3 N–H and O–H groups in total. The maximum Gasteiger partial charge on any atom is 0.330 e. The molecule has 0 unspecified atom stereocenters. The summed E-state index contributed by atoms with van der Waals surface area (Å²) in [4.78, 5) is 35.6. The molecule has 4 aromatic rings. The molecule has 2 aliphatic carbocycles. The highest BCUT2D eigenvalue weighted by molar-refractivity contribution is 7.99. The smallest absolute Gasteiger partial charge is 0.330 e. The molecule has 10 nitrogen and oxygen atoms in total. The molecule has 0 radical (unpaired) electrons. The molecule has 0 bridgehead atoms. The molecule has 0 amide bonds. The van der Waals surface area contributed by atoms with E-state index < -0.39 is 0 Å². The molecule has 2 aliphatic rings. The summed E-state index contributed by atoms with van der Waals surface area (Å²) in [7, 11) is 1.70. The lowest BCUT2D eigenvalue weighted by Crippen LogP contribution is -2.27. The van der Waals surface area contributed by atoms with E-state index in [9.17, 15) is 14.4 Å². The van der Waals surface area contributed by atoms with Gasteiger partial charge < -0.3 is 39.5 Å². The van der Waals surface area contributed by atoms with Gasteiger partial charge in [-0.15, -0.1) is 11.8 Å². The van der Waals surface area contributed by atoms with Gasteiger partial charge in [-0.3, -0.25) is 4.79 Å². The standard InChI is InChI=1S/C34H46O5.C16H24N2O2S.C12H18O/c1-3-4-5-6-26-13-17-31(18-14-26)39-34(36)30-15-11-29(12-16-30)24-38-33-20-19-32(21-25(33)2)37-23-28-9-7-27(22-35)8-10-28;1-2-16(19)20-12-8-4-3-7-11-18-13-21-15-10-6-5-9-14(15)17;1-3-4-5-6-11-7-9-12(13-2)10-8-11/h13-14,17-22,27-30H,3-12,15-16,23-24H2,1-2H3;2,5-6,9-10,18H,1,3-4,7-8,11-13,17H2;7-10H,3-6H2,1-2H3. The summed E-state index contributed by atoms with van der Waals surface area (Å²) < 4.78 is 27.9. The van der Waals surface area contributed by atoms with Crippen molar-refractivity contribution in [2.75, 3.05) is 45.1 Å². The largest absolute Gasteiger partial charge is 0.497 e. The molecule has 400 valence electrons. The molecule has 73 heavy (non-hydrogen) atoms. The van der Waals surface area contributed by atoms with Gasteiger partial charge in [-0.25, -0.2) is 4.79 Å². The lowest BCUT2D eigenvalue weighted by atomic mass is 9.82. The van der Waals surface area contributed by atoms with Crippen LogP contribution in [-0.4, -0.2) is 57.6 Å². The lowest BCUT2D eigenvalue weighted by molar-refractivity contribution is -0.140. The Labute approximate surface area is 443 Å². The number of unbranched alkanes of at least 4 members (excludes halogenated alkanes) is 7. The molecule has 2 fully saturated rings. The van der Waals surface area contributed by atoms with Gasteiger partial charge in [0.15, 0.2) is 0 Å². The van der Waals surface area contributed by atoms with Gasteiger partial charge in [-0.05, 0) is 186 Å². The van der Waals surface area contributed by atoms with Gasteiger partial charge in [0.1, 0.15) is 29.3 Å². The number of hydrogen-bond acceptors (Lipinski definition) is 11. The van der Waals surface area contributed by atoms with Crippen molar-refractivity contribution in [1.82, 2.24) is 5.32 Å². The van der Waals surface area contributed by atoms with E-state index in [1.54, 1.807) is 18.9 Å². The van der Waals surface area contributed by atoms with Gasteiger partial charge in [-0.2, -0.15) is 0 Å². The fraction of sp³-hybridized carbons (Fsp3) is 0.532. The van der Waals surface area contributed by atoms with Crippen molar-refractivity contribution in [1.29, 1.82) is 0 Å². The Hall–Kier alpha value is -5.26. The summed E-state index contributed by atoms with van der Waals surface area (Å²) in [6.07, 6.45) is 24.1. The summed E-state index contributed by atoms with van der Waals surface area (Å²) in [6, 6.07) is 30.3. The summed E-state index contributed by atoms with van der Waals surface area (Å²) in [5, 5.41) is 3.39. The number of aryl methyl sites for hydroxylation is 3. The van der Waals surface area contributed by atoms with Gasteiger partial charge in [0.2, 0.25) is 0 Å². The average Bonchev–Trinajstić information content (AvgIpc) is 3.42. The fourth-order valence-electron chi connectivity index (χ4n) is 8.98. The quantitative estimate of drug-likeness (QED) is 0.00786. The minimum Gasteiger partial charge on any atom is -0.497 e. The van der Waals surface area contributed by atoms with Crippen LogP contribution in [0.3, 0.4) is 0 Å². The molecule has 4 aromatic carbocycles. The number of anilines is 1. The number of carbonyl (C=O) groups excluding carboxylic acids is 3. The number of nitrogen functional groups attached to an aromatic ring is 1. The molecule has 2 saturated carbocycles. The number of ether oxygens (including phenoxy) is 5. The number of thioether (sulfide) groups is 1. The third kappa shape index (κ3) is 25.0. The lowest BCUT2D eigenvalue weighted by Gasteiger charge is -2.27. The second-order valence-electron chi connectivity index (χ2n) is 19.6. The van der Waals surface area contributed by atoms with Crippen LogP contribution in [0, 0.1) is 30.6 Å². The Bertz CT molecular complexity index is 2130. The van der Waals surface area contributed by atoms with E-state index >= 15 is 0 Å². The first-order valence-electron chi connectivity index (χ1n) is 27.4. The number of methoxy groups -OCH3 is 1. The van der Waals surface area contributed by atoms with Crippen LogP contribution < -0.4 is 30.0 Å². The predicted molar refractivity (Wildman–Crippen MR) is 300 cm³/mol. The van der Waals surface area contributed by atoms with Crippen LogP contribution in [0.25, 0.3) is 0 Å². The molecule has 0 aliphatic heterocycles. The van der Waals surface area contributed by atoms with E-state index in [-0.39, 0.29) is 23.8 Å². The molecule has 6 rings (SSSR count). The Morgan fingerprint density at radius 3 is 1.88 bits per heavy atom. The van der Waals surface area contributed by atoms with Crippen molar-refractivity contribution in [3.05, 3.63) is 120 Å². The van der Waals surface area contributed by atoms with E-state index in [0.29, 0.717) is 37.4 Å². The highest BCUT2D eigenvalue weighted by Crippen LogP contribution is 2.33. The number of aldehydes is 1.